The summed E-state index contributed by atoms with van der Waals surface area (Å²) in [7, 11) is 1.43. The van der Waals surface area contributed by atoms with Crippen LogP contribution in [-0.2, 0) is 9.53 Å². The van der Waals surface area contributed by atoms with E-state index in [1.807, 2.05) is 6.92 Å². The Morgan fingerprint density at radius 3 is 2.45 bits per heavy atom. The monoisotopic (exact) mass is 428 g/mol. The summed E-state index contributed by atoms with van der Waals surface area (Å²) in [5.41, 5.74) is 0.0971. The summed E-state index contributed by atoms with van der Waals surface area (Å²) >= 11 is 6.22. The molecule has 0 aliphatic rings. The molecule has 0 saturated carbocycles. The third-order valence-corrected chi connectivity index (χ3v) is 4.26. The molecule has 0 aliphatic carbocycles. The number of esters is 1. The third kappa shape index (κ3) is 8.60. The van der Waals surface area contributed by atoms with Crippen LogP contribution in [0.2, 0.25) is 5.02 Å². The Morgan fingerprint density at radius 2 is 1.86 bits per heavy atom. The van der Waals surface area contributed by atoms with E-state index in [4.69, 9.17) is 25.8 Å². The highest BCUT2D eigenvalue weighted by molar-refractivity contribution is 6.32. The second-order valence-corrected chi connectivity index (χ2v) is 7.33. The third-order valence-electron chi connectivity index (χ3n) is 3.98. The van der Waals surface area contributed by atoms with E-state index in [-0.39, 0.29) is 22.4 Å². The van der Waals surface area contributed by atoms with Crippen LogP contribution in [0.15, 0.2) is 12.1 Å². The van der Waals surface area contributed by atoms with E-state index in [1.165, 1.54) is 19.2 Å². The zero-order chi connectivity index (χ0) is 22.0. The second kappa shape index (κ2) is 12.2. The van der Waals surface area contributed by atoms with Gasteiger partial charge in [0.1, 0.15) is 0 Å². The number of urea groups is 1. The molecule has 1 atom stereocenters. The number of amides is 3. The molecule has 9 heteroatoms. The first-order valence-electron chi connectivity index (χ1n) is 9.45. The van der Waals surface area contributed by atoms with E-state index in [2.05, 4.69) is 24.5 Å². The number of halogens is 1. The predicted molar refractivity (Wildman–Crippen MR) is 110 cm³/mol. The van der Waals surface area contributed by atoms with Gasteiger partial charge in [0.15, 0.2) is 18.1 Å². The molecule has 0 bridgehead atoms. The largest absolute Gasteiger partial charge is 0.493 e. The maximum atomic E-state index is 12.2. The second-order valence-electron chi connectivity index (χ2n) is 6.93. The lowest BCUT2D eigenvalue weighted by Gasteiger charge is -2.15. The Bertz CT molecular complexity index is 723. The molecule has 0 radical (unpaired) electrons. The average Bonchev–Trinajstić information content (AvgIpc) is 2.66. The zero-order valence-electron chi connectivity index (χ0n) is 17.5. The van der Waals surface area contributed by atoms with Gasteiger partial charge < -0.3 is 19.5 Å². The van der Waals surface area contributed by atoms with Gasteiger partial charge in [-0.15, -0.1) is 0 Å². The van der Waals surface area contributed by atoms with Gasteiger partial charge in [-0.1, -0.05) is 32.4 Å². The predicted octanol–water partition coefficient (Wildman–Crippen LogP) is 3.55. The number of carbonyl (C=O) groups is 3. The number of benzene rings is 1. The molecule has 0 fully saturated rings. The number of nitrogens with one attached hydrogen (secondary N) is 2. The summed E-state index contributed by atoms with van der Waals surface area (Å²) < 4.78 is 15.9. The fourth-order valence-corrected chi connectivity index (χ4v) is 2.38. The van der Waals surface area contributed by atoms with Gasteiger partial charge in [-0.2, -0.15) is 0 Å². The fourth-order valence-electron chi connectivity index (χ4n) is 2.11. The summed E-state index contributed by atoms with van der Waals surface area (Å²) in [6, 6.07) is 2.08. The van der Waals surface area contributed by atoms with Crippen LogP contribution in [0.1, 0.15) is 50.9 Å². The molecule has 8 nitrogen and oxygen atoms in total. The Hall–Kier alpha value is -2.48. The topological polar surface area (TPSA) is 103 Å². The highest BCUT2D eigenvalue weighted by Crippen LogP contribution is 2.36. The van der Waals surface area contributed by atoms with Crippen molar-refractivity contribution in [2.24, 2.45) is 5.92 Å². The molecule has 2 N–H and O–H groups in total. The van der Waals surface area contributed by atoms with E-state index in [0.29, 0.717) is 18.3 Å². The molecule has 162 valence electrons. The molecule has 0 unspecified atom stereocenters. The van der Waals surface area contributed by atoms with E-state index in [1.54, 1.807) is 6.92 Å². The van der Waals surface area contributed by atoms with Crippen LogP contribution in [0.5, 0.6) is 11.5 Å². The van der Waals surface area contributed by atoms with Gasteiger partial charge in [-0.05, 0) is 37.8 Å². The van der Waals surface area contributed by atoms with Gasteiger partial charge in [0, 0.05) is 6.04 Å². The molecular weight excluding hydrogens is 400 g/mol. The molecule has 0 saturated heterocycles. The van der Waals surface area contributed by atoms with Crippen molar-refractivity contribution in [3.05, 3.63) is 22.7 Å². The SMILES string of the molecule is CC[C@@H](C)NC(=O)NC(=O)COC(=O)c1cc(Cl)c(OCCC(C)C)c(OC)c1. The van der Waals surface area contributed by atoms with Gasteiger partial charge in [0.25, 0.3) is 5.91 Å². The summed E-state index contributed by atoms with van der Waals surface area (Å²) in [5.74, 6) is -0.439. The number of hydrogen-bond donors (Lipinski definition) is 2. The van der Waals surface area contributed by atoms with Crippen molar-refractivity contribution in [1.29, 1.82) is 0 Å². The molecule has 0 heterocycles. The Balaban J connectivity index is 2.68. The molecule has 1 rings (SSSR count). The highest BCUT2D eigenvalue weighted by Gasteiger charge is 2.18. The maximum absolute atomic E-state index is 12.2. The number of carbonyl (C=O) groups excluding carboxylic acids is 3. The van der Waals surface area contributed by atoms with Crippen LogP contribution >= 0.6 is 11.6 Å². The molecule has 0 spiro atoms. The van der Waals surface area contributed by atoms with E-state index in [9.17, 15) is 14.4 Å². The molecular formula is C20H29ClN2O6. The standard InChI is InChI=1S/C20H29ClN2O6/c1-6-13(4)22-20(26)23-17(24)11-29-19(25)14-9-15(21)18(16(10-14)27-5)28-8-7-12(2)3/h9-10,12-13H,6-8,11H2,1-5H3,(H2,22,23,24,26)/t13-/m1/s1. The van der Waals surface area contributed by atoms with Crippen LogP contribution in [0, 0.1) is 5.92 Å². The van der Waals surface area contributed by atoms with Crippen molar-refractivity contribution in [3.8, 4) is 11.5 Å². The molecule has 0 aliphatic heterocycles. The normalized spacial score (nSPS) is 11.6. The first kappa shape index (κ1) is 24.6. The van der Waals surface area contributed by atoms with Crippen LogP contribution in [-0.4, -0.2) is 44.3 Å². The van der Waals surface area contributed by atoms with Crippen molar-refractivity contribution in [1.82, 2.24) is 10.6 Å². The fraction of sp³-hybridized carbons (Fsp3) is 0.550. The molecule has 3 amide bonds. The average molecular weight is 429 g/mol. The Labute approximate surface area is 176 Å². The lowest BCUT2D eigenvalue weighted by molar-refractivity contribution is -0.123. The van der Waals surface area contributed by atoms with E-state index >= 15 is 0 Å². The van der Waals surface area contributed by atoms with Crippen LogP contribution in [0.4, 0.5) is 4.79 Å². The Kier molecular flexibility index (Phi) is 10.3. The number of imide groups is 1. The number of methoxy groups -OCH3 is 1. The van der Waals surface area contributed by atoms with Crippen LogP contribution in [0.25, 0.3) is 0 Å². The van der Waals surface area contributed by atoms with Crippen molar-refractivity contribution >= 4 is 29.5 Å². The lowest BCUT2D eigenvalue weighted by atomic mass is 10.1. The van der Waals surface area contributed by atoms with Crippen molar-refractivity contribution < 1.29 is 28.6 Å². The van der Waals surface area contributed by atoms with Gasteiger partial charge in [0.05, 0.1) is 24.3 Å². The van der Waals surface area contributed by atoms with Crippen molar-refractivity contribution in [2.45, 2.75) is 46.6 Å². The number of ether oxygens (including phenoxy) is 3. The van der Waals surface area contributed by atoms with E-state index < -0.39 is 24.5 Å². The molecule has 1 aromatic rings. The molecule has 1 aromatic carbocycles. The molecule has 0 aromatic heterocycles. The van der Waals surface area contributed by atoms with Crippen LogP contribution < -0.4 is 20.1 Å². The first-order valence-corrected chi connectivity index (χ1v) is 9.83. The van der Waals surface area contributed by atoms with Crippen LogP contribution in [0.3, 0.4) is 0 Å². The van der Waals surface area contributed by atoms with Gasteiger partial charge in [-0.25, -0.2) is 9.59 Å². The number of rotatable bonds is 10. The van der Waals surface area contributed by atoms with Gasteiger partial charge in [-0.3, -0.25) is 10.1 Å². The summed E-state index contributed by atoms with van der Waals surface area (Å²) in [6.07, 6.45) is 1.55. The number of hydrogen-bond acceptors (Lipinski definition) is 6. The van der Waals surface area contributed by atoms with Gasteiger partial charge in [0.2, 0.25) is 0 Å². The van der Waals surface area contributed by atoms with Crippen molar-refractivity contribution in [2.75, 3.05) is 20.3 Å². The summed E-state index contributed by atoms with van der Waals surface area (Å²) in [6.45, 7) is 7.69. The minimum Gasteiger partial charge on any atom is -0.493 e. The van der Waals surface area contributed by atoms with Crippen molar-refractivity contribution in [3.63, 3.8) is 0 Å². The quantitative estimate of drug-likeness (QED) is 0.552. The maximum Gasteiger partial charge on any atom is 0.338 e. The lowest BCUT2D eigenvalue weighted by Crippen LogP contribution is -2.44. The highest BCUT2D eigenvalue weighted by atomic mass is 35.5. The zero-order valence-corrected chi connectivity index (χ0v) is 18.2. The smallest absolute Gasteiger partial charge is 0.338 e. The van der Waals surface area contributed by atoms with Gasteiger partial charge >= 0.3 is 12.0 Å². The first-order chi connectivity index (χ1) is 13.7. The minimum atomic E-state index is -0.781. The molecule has 29 heavy (non-hydrogen) atoms. The Morgan fingerprint density at radius 1 is 1.17 bits per heavy atom. The summed E-state index contributed by atoms with van der Waals surface area (Å²) in [4.78, 5) is 35.6. The summed E-state index contributed by atoms with van der Waals surface area (Å²) in [5, 5.41) is 4.86. The van der Waals surface area contributed by atoms with E-state index in [0.717, 1.165) is 12.8 Å². The minimum absolute atomic E-state index is 0.0822.